The second-order valence-corrected chi connectivity index (χ2v) is 4.22. The number of carbonyl (C=O) groups excluding carboxylic acids is 1. The van der Waals surface area contributed by atoms with Gasteiger partial charge < -0.3 is 15.2 Å². The lowest BCUT2D eigenvalue weighted by molar-refractivity contribution is -0.122. The minimum absolute atomic E-state index is 0.149. The predicted octanol–water partition coefficient (Wildman–Crippen LogP) is 0.660. The molecule has 0 bridgehead atoms. The van der Waals surface area contributed by atoms with Gasteiger partial charge in [-0.15, -0.1) is 0 Å². The molecular weight excluding hydrogens is 206 g/mol. The highest BCUT2D eigenvalue weighted by atomic mass is 16.5. The summed E-state index contributed by atoms with van der Waals surface area (Å²) in [5.41, 5.74) is 2.06. The van der Waals surface area contributed by atoms with Crippen molar-refractivity contribution in [1.82, 2.24) is 15.8 Å². The van der Waals surface area contributed by atoms with Crippen LogP contribution >= 0.6 is 0 Å². The van der Waals surface area contributed by atoms with E-state index < -0.39 is 0 Å². The van der Waals surface area contributed by atoms with E-state index in [0.717, 1.165) is 30.0 Å². The summed E-state index contributed by atoms with van der Waals surface area (Å²) in [5, 5.41) is 10.2. The van der Waals surface area contributed by atoms with Gasteiger partial charge in [0.25, 0.3) is 0 Å². The van der Waals surface area contributed by atoms with E-state index in [0.29, 0.717) is 19.0 Å². The van der Waals surface area contributed by atoms with Gasteiger partial charge in [-0.05, 0) is 20.3 Å². The first-order chi connectivity index (χ1) is 7.66. The van der Waals surface area contributed by atoms with Crippen LogP contribution in [-0.4, -0.2) is 23.7 Å². The van der Waals surface area contributed by atoms with Crippen molar-refractivity contribution < 1.29 is 9.32 Å². The monoisotopic (exact) mass is 223 g/mol. The van der Waals surface area contributed by atoms with Crippen LogP contribution in [0, 0.1) is 13.8 Å². The van der Waals surface area contributed by atoms with Crippen LogP contribution in [0.15, 0.2) is 4.52 Å². The van der Waals surface area contributed by atoms with Crippen molar-refractivity contribution in [1.29, 1.82) is 0 Å². The lowest BCUT2D eigenvalue weighted by Crippen LogP contribution is -2.45. The van der Waals surface area contributed by atoms with Crippen molar-refractivity contribution in [2.45, 2.75) is 39.3 Å². The molecule has 5 heteroatoms. The summed E-state index contributed by atoms with van der Waals surface area (Å²) in [5.74, 6) is 1.01. The number of carbonyl (C=O) groups is 1. The summed E-state index contributed by atoms with van der Waals surface area (Å²) in [4.78, 5) is 11.0. The summed E-state index contributed by atoms with van der Waals surface area (Å²) in [6, 6.07) is 0.353. The Labute approximate surface area is 94.6 Å². The fourth-order valence-corrected chi connectivity index (χ4v) is 1.91. The lowest BCUT2D eigenvalue weighted by atomic mass is 10.1. The van der Waals surface area contributed by atoms with Crippen molar-refractivity contribution in [2.75, 3.05) is 6.54 Å². The van der Waals surface area contributed by atoms with Crippen LogP contribution in [0.2, 0.25) is 0 Å². The fraction of sp³-hybridized carbons (Fsp3) is 0.636. The molecule has 1 saturated heterocycles. The maximum absolute atomic E-state index is 11.0. The Morgan fingerprint density at radius 2 is 2.38 bits per heavy atom. The molecule has 1 fully saturated rings. The molecule has 2 rings (SSSR count). The summed E-state index contributed by atoms with van der Waals surface area (Å²) in [7, 11) is 0. The van der Waals surface area contributed by atoms with Crippen molar-refractivity contribution in [2.24, 2.45) is 0 Å². The van der Waals surface area contributed by atoms with Gasteiger partial charge in [0.15, 0.2) is 0 Å². The first kappa shape index (κ1) is 11.1. The zero-order valence-corrected chi connectivity index (χ0v) is 9.67. The number of nitrogens with zero attached hydrogens (tertiary/aromatic N) is 1. The molecule has 0 saturated carbocycles. The smallest absolute Gasteiger partial charge is 0.220 e. The molecule has 88 valence electrons. The van der Waals surface area contributed by atoms with Crippen molar-refractivity contribution in [3.05, 3.63) is 17.0 Å². The zero-order valence-electron chi connectivity index (χ0n) is 9.67. The SMILES string of the molecule is Cc1noc(C)c1CNC1CCC(=O)NC1. The van der Waals surface area contributed by atoms with E-state index in [-0.39, 0.29) is 5.91 Å². The zero-order chi connectivity index (χ0) is 11.5. The number of hydrogen-bond acceptors (Lipinski definition) is 4. The van der Waals surface area contributed by atoms with Crippen LogP contribution in [-0.2, 0) is 11.3 Å². The maximum atomic E-state index is 11.0. The molecule has 5 nitrogen and oxygen atoms in total. The van der Waals surface area contributed by atoms with Gasteiger partial charge in [-0.25, -0.2) is 0 Å². The molecule has 0 aromatic carbocycles. The highest BCUT2D eigenvalue weighted by Gasteiger charge is 2.18. The van der Waals surface area contributed by atoms with Crippen LogP contribution in [0.3, 0.4) is 0 Å². The molecule has 1 amide bonds. The van der Waals surface area contributed by atoms with Crippen LogP contribution in [0.25, 0.3) is 0 Å². The van der Waals surface area contributed by atoms with Gasteiger partial charge >= 0.3 is 0 Å². The second-order valence-electron chi connectivity index (χ2n) is 4.22. The third-order valence-corrected chi connectivity index (χ3v) is 3.01. The fourth-order valence-electron chi connectivity index (χ4n) is 1.91. The summed E-state index contributed by atoms with van der Waals surface area (Å²) in [6.07, 6.45) is 1.51. The van der Waals surface area contributed by atoms with Gasteiger partial charge in [0.2, 0.25) is 5.91 Å². The van der Waals surface area contributed by atoms with E-state index >= 15 is 0 Å². The summed E-state index contributed by atoms with van der Waals surface area (Å²) >= 11 is 0. The van der Waals surface area contributed by atoms with E-state index in [9.17, 15) is 4.79 Å². The molecule has 1 atom stereocenters. The summed E-state index contributed by atoms with van der Waals surface area (Å²) in [6.45, 7) is 5.32. The Hall–Kier alpha value is -1.36. The minimum atomic E-state index is 0.149. The number of rotatable bonds is 3. The van der Waals surface area contributed by atoms with Gasteiger partial charge in [0.1, 0.15) is 5.76 Å². The Kier molecular flexibility index (Phi) is 3.24. The van der Waals surface area contributed by atoms with Gasteiger partial charge in [-0.3, -0.25) is 4.79 Å². The van der Waals surface area contributed by atoms with Gasteiger partial charge in [0.05, 0.1) is 5.69 Å². The third kappa shape index (κ3) is 2.41. The molecule has 1 aromatic rings. The molecule has 2 N–H and O–H groups in total. The lowest BCUT2D eigenvalue weighted by Gasteiger charge is -2.23. The van der Waals surface area contributed by atoms with E-state index in [1.807, 2.05) is 13.8 Å². The van der Waals surface area contributed by atoms with Crippen LogP contribution in [0.5, 0.6) is 0 Å². The number of nitrogens with one attached hydrogen (secondary N) is 2. The van der Waals surface area contributed by atoms with Crippen LogP contribution < -0.4 is 10.6 Å². The first-order valence-corrected chi connectivity index (χ1v) is 5.58. The standard InChI is InChI=1S/C11H17N3O2/c1-7-10(8(2)16-14-7)6-12-9-3-4-11(15)13-5-9/h9,12H,3-6H2,1-2H3,(H,13,15). The molecular formula is C11H17N3O2. The average Bonchev–Trinajstić information content (AvgIpc) is 2.59. The van der Waals surface area contributed by atoms with Gasteiger partial charge in [-0.2, -0.15) is 0 Å². The number of piperidine rings is 1. The average molecular weight is 223 g/mol. The highest BCUT2D eigenvalue weighted by Crippen LogP contribution is 2.12. The first-order valence-electron chi connectivity index (χ1n) is 5.58. The Bertz CT molecular complexity index is 357. The Morgan fingerprint density at radius 3 is 2.94 bits per heavy atom. The van der Waals surface area contributed by atoms with Gasteiger partial charge in [0, 0.05) is 31.1 Å². The molecule has 0 aliphatic carbocycles. The normalized spacial score (nSPS) is 20.9. The molecule has 1 aromatic heterocycles. The van der Waals surface area contributed by atoms with Crippen molar-refractivity contribution in [3.8, 4) is 0 Å². The van der Waals surface area contributed by atoms with E-state index in [2.05, 4.69) is 15.8 Å². The number of aryl methyl sites for hydroxylation is 2. The molecule has 2 heterocycles. The molecule has 16 heavy (non-hydrogen) atoms. The van der Waals surface area contributed by atoms with Crippen molar-refractivity contribution in [3.63, 3.8) is 0 Å². The largest absolute Gasteiger partial charge is 0.361 e. The molecule has 0 spiro atoms. The van der Waals surface area contributed by atoms with E-state index in [1.165, 1.54) is 0 Å². The number of amides is 1. The van der Waals surface area contributed by atoms with Crippen LogP contribution in [0.4, 0.5) is 0 Å². The van der Waals surface area contributed by atoms with E-state index in [4.69, 9.17) is 4.52 Å². The molecule has 1 aliphatic rings. The molecule has 1 aliphatic heterocycles. The van der Waals surface area contributed by atoms with Crippen LogP contribution in [0.1, 0.15) is 29.9 Å². The number of hydrogen-bond donors (Lipinski definition) is 2. The minimum Gasteiger partial charge on any atom is -0.361 e. The second kappa shape index (κ2) is 4.65. The predicted molar refractivity (Wildman–Crippen MR) is 58.8 cm³/mol. The van der Waals surface area contributed by atoms with E-state index in [1.54, 1.807) is 0 Å². The van der Waals surface area contributed by atoms with Crippen molar-refractivity contribution >= 4 is 5.91 Å². The topological polar surface area (TPSA) is 67.2 Å². The van der Waals surface area contributed by atoms with Gasteiger partial charge in [-0.1, -0.05) is 5.16 Å². The molecule has 0 radical (unpaired) electrons. The third-order valence-electron chi connectivity index (χ3n) is 3.01. The number of aromatic nitrogens is 1. The summed E-state index contributed by atoms with van der Waals surface area (Å²) < 4.78 is 5.09. The quantitative estimate of drug-likeness (QED) is 0.790. The highest BCUT2D eigenvalue weighted by molar-refractivity contribution is 5.76. The Balaban J connectivity index is 1.86. The molecule has 1 unspecified atom stereocenters. The Morgan fingerprint density at radius 1 is 1.56 bits per heavy atom. The maximum Gasteiger partial charge on any atom is 0.220 e.